The SMILES string of the molecule is Nc1ccc(N2C3CCC2CC(O)C3)cn1. The molecule has 2 aliphatic rings. The quantitative estimate of drug-likeness (QED) is 0.744. The topological polar surface area (TPSA) is 62.4 Å². The van der Waals surface area contributed by atoms with E-state index in [2.05, 4.69) is 9.88 Å². The molecule has 0 spiro atoms. The number of pyridine rings is 1. The van der Waals surface area contributed by atoms with E-state index >= 15 is 0 Å². The molecule has 2 atom stereocenters. The summed E-state index contributed by atoms with van der Waals surface area (Å²) in [5, 5.41) is 9.74. The Labute approximate surface area is 95.1 Å². The van der Waals surface area contributed by atoms with E-state index in [0.29, 0.717) is 17.9 Å². The average Bonchev–Trinajstić information content (AvgIpc) is 2.54. The van der Waals surface area contributed by atoms with Crippen LogP contribution in [0, 0.1) is 0 Å². The van der Waals surface area contributed by atoms with Gasteiger partial charge in [-0.2, -0.15) is 0 Å². The smallest absolute Gasteiger partial charge is 0.123 e. The molecule has 1 aromatic heterocycles. The van der Waals surface area contributed by atoms with Crippen molar-refractivity contribution in [1.82, 2.24) is 4.98 Å². The molecule has 3 rings (SSSR count). The number of hydrogen-bond acceptors (Lipinski definition) is 4. The van der Waals surface area contributed by atoms with Crippen LogP contribution in [0.25, 0.3) is 0 Å². The molecule has 4 heteroatoms. The van der Waals surface area contributed by atoms with Gasteiger partial charge in [-0.15, -0.1) is 0 Å². The zero-order chi connectivity index (χ0) is 11.1. The molecule has 0 aliphatic carbocycles. The van der Waals surface area contributed by atoms with Crippen molar-refractivity contribution < 1.29 is 5.11 Å². The van der Waals surface area contributed by atoms with Gasteiger partial charge in [-0.25, -0.2) is 4.98 Å². The number of nitrogens with zero attached hydrogens (tertiary/aromatic N) is 2. The van der Waals surface area contributed by atoms with E-state index in [9.17, 15) is 5.11 Å². The van der Waals surface area contributed by atoms with Crippen LogP contribution >= 0.6 is 0 Å². The van der Waals surface area contributed by atoms with Crippen molar-refractivity contribution in [3.63, 3.8) is 0 Å². The van der Waals surface area contributed by atoms with Crippen molar-refractivity contribution in [3.05, 3.63) is 18.3 Å². The lowest BCUT2D eigenvalue weighted by molar-refractivity contribution is 0.126. The van der Waals surface area contributed by atoms with Gasteiger partial charge >= 0.3 is 0 Å². The highest BCUT2D eigenvalue weighted by atomic mass is 16.3. The van der Waals surface area contributed by atoms with Gasteiger partial charge in [-0.05, 0) is 37.8 Å². The number of fused-ring (bicyclic) bond motifs is 2. The predicted octanol–water partition coefficient (Wildman–Crippen LogP) is 1.16. The van der Waals surface area contributed by atoms with Crippen LogP contribution in [0.2, 0.25) is 0 Å². The molecule has 1 aromatic rings. The minimum absolute atomic E-state index is 0.115. The van der Waals surface area contributed by atoms with Crippen molar-refractivity contribution >= 4 is 11.5 Å². The summed E-state index contributed by atoms with van der Waals surface area (Å²) >= 11 is 0. The van der Waals surface area contributed by atoms with Gasteiger partial charge in [0, 0.05) is 12.1 Å². The molecule has 0 saturated carbocycles. The highest BCUT2D eigenvalue weighted by molar-refractivity contribution is 5.51. The first kappa shape index (κ1) is 9.90. The molecule has 3 N–H and O–H groups in total. The first-order chi connectivity index (χ1) is 7.74. The molecule has 3 heterocycles. The first-order valence-corrected chi connectivity index (χ1v) is 5.92. The zero-order valence-electron chi connectivity index (χ0n) is 9.21. The molecule has 4 nitrogen and oxygen atoms in total. The Morgan fingerprint density at radius 2 is 1.94 bits per heavy atom. The largest absolute Gasteiger partial charge is 0.393 e. The third kappa shape index (κ3) is 1.53. The molecule has 2 saturated heterocycles. The molecular formula is C12H17N3O. The molecule has 2 unspecified atom stereocenters. The molecule has 2 bridgehead atoms. The summed E-state index contributed by atoms with van der Waals surface area (Å²) in [5.74, 6) is 0.563. The van der Waals surface area contributed by atoms with Gasteiger partial charge in [0.05, 0.1) is 18.0 Å². The third-order valence-electron chi connectivity index (χ3n) is 3.78. The Bertz CT molecular complexity index is 364. The monoisotopic (exact) mass is 219 g/mol. The first-order valence-electron chi connectivity index (χ1n) is 5.92. The average molecular weight is 219 g/mol. The van der Waals surface area contributed by atoms with Gasteiger partial charge in [-0.1, -0.05) is 0 Å². The van der Waals surface area contributed by atoms with Crippen LogP contribution in [-0.2, 0) is 0 Å². The minimum Gasteiger partial charge on any atom is -0.393 e. The Hall–Kier alpha value is -1.29. The number of anilines is 2. The van der Waals surface area contributed by atoms with E-state index in [-0.39, 0.29) is 6.10 Å². The standard InChI is InChI=1S/C12H17N3O/c13-12-4-3-10(7-14-12)15-8-1-2-9(15)6-11(16)5-8/h3-4,7-9,11,16H,1-2,5-6H2,(H2,13,14). The van der Waals surface area contributed by atoms with E-state index in [1.54, 1.807) is 0 Å². The van der Waals surface area contributed by atoms with E-state index in [1.165, 1.54) is 12.8 Å². The number of nitrogens with two attached hydrogens (primary N) is 1. The maximum absolute atomic E-state index is 9.74. The van der Waals surface area contributed by atoms with Crippen LogP contribution in [0.3, 0.4) is 0 Å². The molecular weight excluding hydrogens is 202 g/mol. The molecule has 0 aromatic carbocycles. The van der Waals surface area contributed by atoms with E-state index in [4.69, 9.17) is 5.73 Å². The highest BCUT2D eigenvalue weighted by Crippen LogP contribution is 2.38. The number of hydrogen-bond donors (Lipinski definition) is 2. The number of aromatic nitrogens is 1. The van der Waals surface area contributed by atoms with Crippen LogP contribution in [-0.4, -0.2) is 28.3 Å². The van der Waals surface area contributed by atoms with Crippen molar-refractivity contribution in [3.8, 4) is 0 Å². The fourth-order valence-electron chi connectivity index (χ4n) is 3.12. The number of rotatable bonds is 1. The summed E-state index contributed by atoms with van der Waals surface area (Å²) in [7, 11) is 0. The van der Waals surface area contributed by atoms with E-state index in [1.807, 2.05) is 18.3 Å². The van der Waals surface area contributed by atoms with Crippen LogP contribution < -0.4 is 10.6 Å². The van der Waals surface area contributed by atoms with Gasteiger partial charge in [0.2, 0.25) is 0 Å². The van der Waals surface area contributed by atoms with Crippen molar-refractivity contribution in [2.45, 2.75) is 43.9 Å². The van der Waals surface area contributed by atoms with E-state index < -0.39 is 0 Å². The minimum atomic E-state index is -0.115. The predicted molar refractivity (Wildman–Crippen MR) is 63.2 cm³/mol. The van der Waals surface area contributed by atoms with Crippen molar-refractivity contribution in [1.29, 1.82) is 0 Å². The summed E-state index contributed by atoms with van der Waals surface area (Å²) in [6.07, 6.45) is 5.88. The lowest BCUT2D eigenvalue weighted by atomic mass is 9.99. The van der Waals surface area contributed by atoms with Gasteiger partial charge < -0.3 is 15.7 Å². The second-order valence-electron chi connectivity index (χ2n) is 4.86. The molecule has 16 heavy (non-hydrogen) atoms. The molecule has 86 valence electrons. The zero-order valence-corrected chi connectivity index (χ0v) is 9.21. The summed E-state index contributed by atoms with van der Waals surface area (Å²) in [5.41, 5.74) is 6.74. The van der Waals surface area contributed by atoms with Gasteiger partial charge in [-0.3, -0.25) is 0 Å². The summed E-state index contributed by atoms with van der Waals surface area (Å²) in [6.45, 7) is 0. The van der Waals surface area contributed by atoms with Gasteiger partial charge in [0.25, 0.3) is 0 Å². The number of aliphatic hydroxyl groups is 1. The lowest BCUT2D eigenvalue weighted by Gasteiger charge is -2.38. The van der Waals surface area contributed by atoms with Gasteiger partial charge in [0.1, 0.15) is 5.82 Å². The molecule has 0 amide bonds. The van der Waals surface area contributed by atoms with Crippen LogP contribution in [0.5, 0.6) is 0 Å². The summed E-state index contributed by atoms with van der Waals surface area (Å²) < 4.78 is 0. The second-order valence-corrected chi connectivity index (χ2v) is 4.86. The Kier molecular flexibility index (Phi) is 2.24. The third-order valence-corrected chi connectivity index (χ3v) is 3.78. The number of piperidine rings is 1. The van der Waals surface area contributed by atoms with E-state index in [0.717, 1.165) is 18.5 Å². The Balaban J connectivity index is 1.88. The number of aliphatic hydroxyl groups excluding tert-OH is 1. The molecule has 2 fully saturated rings. The van der Waals surface area contributed by atoms with Crippen molar-refractivity contribution in [2.24, 2.45) is 0 Å². The number of nitrogen functional groups attached to an aromatic ring is 1. The molecule has 0 radical (unpaired) electrons. The molecule has 2 aliphatic heterocycles. The second kappa shape index (κ2) is 3.63. The van der Waals surface area contributed by atoms with Crippen LogP contribution in [0.4, 0.5) is 11.5 Å². The lowest BCUT2D eigenvalue weighted by Crippen LogP contribution is -2.44. The van der Waals surface area contributed by atoms with Crippen molar-refractivity contribution in [2.75, 3.05) is 10.6 Å². The van der Waals surface area contributed by atoms with Crippen LogP contribution in [0.15, 0.2) is 18.3 Å². The maximum Gasteiger partial charge on any atom is 0.123 e. The highest BCUT2D eigenvalue weighted by Gasteiger charge is 2.40. The Morgan fingerprint density at radius 3 is 2.50 bits per heavy atom. The van der Waals surface area contributed by atoms with Gasteiger partial charge in [0.15, 0.2) is 0 Å². The summed E-state index contributed by atoms with van der Waals surface area (Å²) in [4.78, 5) is 6.56. The Morgan fingerprint density at radius 1 is 1.25 bits per heavy atom. The fourth-order valence-corrected chi connectivity index (χ4v) is 3.12. The fraction of sp³-hybridized carbons (Fsp3) is 0.583. The maximum atomic E-state index is 9.74. The van der Waals surface area contributed by atoms with Crippen LogP contribution in [0.1, 0.15) is 25.7 Å². The normalized spacial score (nSPS) is 33.1. The summed E-state index contributed by atoms with van der Waals surface area (Å²) in [6, 6.07) is 4.85.